The molecule has 0 saturated carbocycles. The fourth-order valence-electron chi connectivity index (χ4n) is 1.49. The summed E-state index contributed by atoms with van der Waals surface area (Å²) >= 11 is 0. The van der Waals surface area contributed by atoms with Crippen LogP contribution in [0.4, 0.5) is 5.69 Å². The van der Waals surface area contributed by atoms with Gasteiger partial charge in [0.15, 0.2) is 0 Å². The highest BCUT2D eigenvalue weighted by Gasteiger charge is 2.07. The zero-order valence-electron chi connectivity index (χ0n) is 11.1. The molecule has 2 rings (SSSR count). The SMILES string of the molecule is Cc1ccc(NC(=O)c2ccc(C#CCN)cn2)cn1. The molecule has 3 N–H and O–H groups in total. The van der Waals surface area contributed by atoms with Crippen LogP contribution >= 0.6 is 0 Å². The number of hydrogen-bond donors (Lipinski definition) is 2. The van der Waals surface area contributed by atoms with Gasteiger partial charge in [0.05, 0.1) is 18.4 Å². The van der Waals surface area contributed by atoms with Gasteiger partial charge >= 0.3 is 0 Å². The summed E-state index contributed by atoms with van der Waals surface area (Å²) in [6, 6.07) is 6.98. The van der Waals surface area contributed by atoms with Gasteiger partial charge in [-0.15, -0.1) is 0 Å². The molecular weight excluding hydrogens is 252 g/mol. The van der Waals surface area contributed by atoms with Crippen LogP contribution in [0, 0.1) is 18.8 Å². The summed E-state index contributed by atoms with van der Waals surface area (Å²) in [4.78, 5) is 20.1. The second-order valence-electron chi connectivity index (χ2n) is 4.08. The van der Waals surface area contributed by atoms with E-state index in [1.165, 1.54) is 0 Å². The molecule has 20 heavy (non-hydrogen) atoms. The smallest absolute Gasteiger partial charge is 0.274 e. The summed E-state index contributed by atoms with van der Waals surface area (Å²) in [5.74, 6) is 5.29. The molecule has 0 aliphatic rings. The minimum atomic E-state index is -0.283. The van der Waals surface area contributed by atoms with Crippen LogP contribution in [-0.2, 0) is 0 Å². The number of amides is 1. The lowest BCUT2D eigenvalue weighted by Crippen LogP contribution is -2.13. The van der Waals surface area contributed by atoms with Crippen molar-refractivity contribution in [3.8, 4) is 11.8 Å². The Balaban J connectivity index is 2.07. The van der Waals surface area contributed by atoms with Crippen molar-refractivity contribution in [1.29, 1.82) is 0 Å². The van der Waals surface area contributed by atoms with E-state index in [1.54, 1.807) is 30.6 Å². The van der Waals surface area contributed by atoms with Gasteiger partial charge in [0.25, 0.3) is 5.91 Å². The van der Waals surface area contributed by atoms with Crippen LogP contribution in [0.15, 0.2) is 36.7 Å². The van der Waals surface area contributed by atoms with Gasteiger partial charge in [-0.05, 0) is 31.2 Å². The maximum Gasteiger partial charge on any atom is 0.274 e. The Kier molecular flexibility index (Phi) is 4.43. The van der Waals surface area contributed by atoms with E-state index in [2.05, 4.69) is 27.1 Å². The van der Waals surface area contributed by atoms with E-state index in [-0.39, 0.29) is 5.91 Å². The molecule has 0 atom stereocenters. The molecule has 0 aliphatic carbocycles. The van der Waals surface area contributed by atoms with Crippen molar-refractivity contribution in [2.75, 3.05) is 11.9 Å². The van der Waals surface area contributed by atoms with E-state index in [9.17, 15) is 4.79 Å². The number of nitrogens with one attached hydrogen (secondary N) is 1. The van der Waals surface area contributed by atoms with Crippen LogP contribution in [-0.4, -0.2) is 22.4 Å². The first-order valence-electron chi connectivity index (χ1n) is 6.08. The molecule has 0 unspecified atom stereocenters. The zero-order chi connectivity index (χ0) is 14.4. The molecule has 2 aromatic heterocycles. The number of aryl methyl sites for hydroxylation is 1. The van der Waals surface area contributed by atoms with Gasteiger partial charge in [0, 0.05) is 17.5 Å². The van der Waals surface area contributed by atoms with Crippen molar-refractivity contribution >= 4 is 11.6 Å². The van der Waals surface area contributed by atoms with Crippen molar-refractivity contribution in [3.05, 3.63) is 53.6 Å². The molecule has 0 saturated heterocycles. The largest absolute Gasteiger partial charge is 0.320 e. The lowest BCUT2D eigenvalue weighted by Gasteiger charge is -2.04. The first kappa shape index (κ1) is 13.7. The quantitative estimate of drug-likeness (QED) is 0.804. The van der Waals surface area contributed by atoms with Crippen LogP contribution in [0.2, 0.25) is 0 Å². The van der Waals surface area contributed by atoms with Crippen molar-refractivity contribution in [3.63, 3.8) is 0 Å². The number of anilines is 1. The topological polar surface area (TPSA) is 80.9 Å². The Morgan fingerprint density at radius 3 is 2.70 bits per heavy atom. The van der Waals surface area contributed by atoms with E-state index in [1.807, 2.05) is 13.0 Å². The first-order chi connectivity index (χ1) is 9.69. The number of aromatic nitrogens is 2. The molecule has 5 heteroatoms. The zero-order valence-corrected chi connectivity index (χ0v) is 11.1. The monoisotopic (exact) mass is 266 g/mol. The highest BCUT2D eigenvalue weighted by atomic mass is 16.1. The van der Waals surface area contributed by atoms with Gasteiger partial charge in [-0.1, -0.05) is 11.8 Å². The minimum absolute atomic E-state index is 0.283. The summed E-state index contributed by atoms with van der Waals surface area (Å²) < 4.78 is 0. The Morgan fingerprint density at radius 2 is 2.10 bits per heavy atom. The number of nitrogens with zero attached hydrogens (tertiary/aromatic N) is 2. The van der Waals surface area contributed by atoms with E-state index in [0.29, 0.717) is 17.9 Å². The average Bonchev–Trinajstić information content (AvgIpc) is 2.48. The third-order valence-corrected chi connectivity index (χ3v) is 2.50. The lowest BCUT2D eigenvalue weighted by atomic mass is 10.2. The average molecular weight is 266 g/mol. The Morgan fingerprint density at radius 1 is 1.25 bits per heavy atom. The summed E-state index contributed by atoms with van der Waals surface area (Å²) in [7, 11) is 0. The third kappa shape index (κ3) is 3.64. The molecule has 0 radical (unpaired) electrons. The molecule has 2 heterocycles. The van der Waals surface area contributed by atoms with E-state index < -0.39 is 0 Å². The van der Waals surface area contributed by atoms with Crippen molar-refractivity contribution in [2.24, 2.45) is 5.73 Å². The minimum Gasteiger partial charge on any atom is -0.320 e. The molecule has 5 nitrogen and oxygen atoms in total. The van der Waals surface area contributed by atoms with E-state index in [4.69, 9.17) is 5.73 Å². The van der Waals surface area contributed by atoms with E-state index in [0.717, 1.165) is 11.3 Å². The predicted octanol–water partition coefficient (Wildman–Crippen LogP) is 1.35. The number of carbonyl (C=O) groups excluding carboxylic acids is 1. The first-order valence-corrected chi connectivity index (χ1v) is 6.08. The molecule has 2 aromatic rings. The Hall–Kier alpha value is -2.71. The van der Waals surface area contributed by atoms with Crippen LogP contribution in [0.5, 0.6) is 0 Å². The number of hydrogen-bond acceptors (Lipinski definition) is 4. The van der Waals surface area contributed by atoms with Crippen molar-refractivity contribution in [2.45, 2.75) is 6.92 Å². The molecule has 100 valence electrons. The molecule has 0 bridgehead atoms. The number of pyridine rings is 2. The molecule has 0 spiro atoms. The van der Waals surface area contributed by atoms with E-state index >= 15 is 0 Å². The maximum atomic E-state index is 12.0. The molecule has 1 amide bonds. The number of rotatable bonds is 2. The number of carbonyl (C=O) groups is 1. The maximum absolute atomic E-state index is 12.0. The van der Waals surface area contributed by atoms with Gasteiger partial charge < -0.3 is 11.1 Å². The fourth-order valence-corrected chi connectivity index (χ4v) is 1.49. The predicted molar refractivity (Wildman–Crippen MR) is 77.1 cm³/mol. The highest BCUT2D eigenvalue weighted by molar-refractivity contribution is 6.02. The summed E-state index contributed by atoms with van der Waals surface area (Å²) in [6.45, 7) is 2.18. The molecule has 0 aliphatic heterocycles. The van der Waals surface area contributed by atoms with Crippen molar-refractivity contribution < 1.29 is 4.79 Å². The van der Waals surface area contributed by atoms with Gasteiger partial charge in [0.1, 0.15) is 5.69 Å². The third-order valence-electron chi connectivity index (χ3n) is 2.50. The summed E-state index contributed by atoms with van der Waals surface area (Å²) in [5.41, 5.74) is 7.86. The van der Waals surface area contributed by atoms with Gasteiger partial charge in [-0.3, -0.25) is 9.78 Å². The van der Waals surface area contributed by atoms with Crippen LogP contribution in [0.25, 0.3) is 0 Å². The molecule has 0 aromatic carbocycles. The normalized spacial score (nSPS) is 9.50. The van der Waals surface area contributed by atoms with Gasteiger partial charge in [-0.2, -0.15) is 0 Å². The van der Waals surface area contributed by atoms with Gasteiger partial charge in [0.2, 0.25) is 0 Å². The molecular formula is C15H14N4O. The highest BCUT2D eigenvalue weighted by Crippen LogP contribution is 2.08. The van der Waals surface area contributed by atoms with Crippen LogP contribution in [0.1, 0.15) is 21.7 Å². The standard InChI is InChI=1S/C15H14N4O/c1-11-4-6-13(10-17-11)19-15(20)14-7-5-12(9-18-14)3-2-8-16/h4-7,9-10H,8,16H2,1H3,(H,19,20). The second kappa shape index (κ2) is 6.45. The number of nitrogens with two attached hydrogens (primary N) is 1. The molecule has 0 fully saturated rings. The van der Waals surface area contributed by atoms with Crippen LogP contribution in [0.3, 0.4) is 0 Å². The second-order valence-corrected chi connectivity index (χ2v) is 4.08. The lowest BCUT2D eigenvalue weighted by molar-refractivity contribution is 0.102. The Labute approximate surface area is 117 Å². The summed E-state index contributed by atoms with van der Waals surface area (Å²) in [6.07, 6.45) is 3.15. The van der Waals surface area contributed by atoms with Gasteiger partial charge in [-0.25, -0.2) is 4.98 Å². The summed E-state index contributed by atoms with van der Waals surface area (Å²) in [5, 5.41) is 2.73. The Bertz CT molecular complexity index is 651. The fraction of sp³-hybridized carbons (Fsp3) is 0.133. The van der Waals surface area contributed by atoms with Crippen molar-refractivity contribution in [1.82, 2.24) is 9.97 Å². The van der Waals surface area contributed by atoms with Crippen LogP contribution < -0.4 is 11.1 Å².